The Morgan fingerprint density at radius 1 is 1.20 bits per heavy atom. The Balaban J connectivity index is 1.67. The van der Waals surface area contributed by atoms with Crippen molar-refractivity contribution < 1.29 is 18.7 Å². The number of aromatic amines is 1. The average Bonchev–Trinajstić information content (AvgIpc) is 3.40. The number of aromatic carboxylic acids is 1. The topological polar surface area (TPSA) is 118 Å². The van der Waals surface area contributed by atoms with E-state index in [1.165, 1.54) is 6.07 Å². The maximum atomic E-state index is 15.0. The van der Waals surface area contributed by atoms with E-state index in [-0.39, 0.29) is 12.3 Å². The molecule has 0 amide bonds. The first-order valence-corrected chi connectivity index (χ1v) is 9.40. The van der Waals surface area contributed by atoms with Crippen LogP contribution < -0.4 is 0 Å². The van der Waals surface area contributed by atoms with Crippen molar-refractivity contribution in [2.75, 3.05) is 0 Å². The first-order chi connectivity index (χ1) is 14.6. The van der Waals surface area contributed by atoms with Crippen molar-refractivity contribution in [3.05, 3.63) is 71.2 Å². The summed E-state index contributed by atoms with van der Waals surface area (Å²) in [6.07, 6.45) is 1.44. The predicted octanol–water partition coefficient (Wildman–Crippen LogP) is 3.90. The number of tetrazole rings is 1. The van der Waals surface area contributed by atoms with E-state index in [0.717, 1.165) is 17.5 Å². The van der Waals surface area contributed by atoms with Crippen LogP contribution in [0.5, 0.6) is 0 Å². The molecule has 0 aliphatic carbocycles. The smallest absolute Gasteiger partial charge is 0.392 e. The van der Waals surface area contributed by atoms with Gasteiger partial charge in [0, 0.05) is 18.4 Å². The lowest BCUT2D eigenvalue weighted by Gasteiger charge is -2.09. The van der Waals surface area contributed by atoms with Gasteiger partial charge in [0.25, 0.3) is 0 Å². The molecule has 0 fully saturated rings. The zero-order valence-corrected chi connectivity index (χ0v) is 16.1. The molecule has 9 heteroatoms. The van der Waals surface area contributed by atoms with Gasteiger partial charge in [0.15, 0.2) is 5.82 Å². The Kier molecular flexibility index (Phi) is 5.34. The number of carboxylic acid groups (broad SMARTS) is 1. The first-order valence-electron chi connectivity index (χ1n) is 9.40. The number of nitrogens with zero attached hydrogens (tertiary/aromatic N) is 4. The van der Waals surface area contributed by atoms with Crippen LogP contribution in [0.25, 0.3) is 22.5 Å². The summed E-state index contributed by atoms with van der Waals surface area (Å²) < 4.78 is 20.3. The van der Waals surface area contributed by atoms with Crippen molar-refractivity contribution in [1.29, 1.82) is 0 Å². The van der Waals surface area contributed by atoms with Gasteiger partial charge in [-0.05, 0) is 39.6 Å². The van der Waals surface area contributed by atoms with E-state index < -0.39 is 11.8 Å². The van der Waals surface area contributed by atoms with Crippen LogP contribution in [0, 0.1) is 5.82 Å². The van der Waals surface area contributed by atoms with Gasteiger partial charge in [-0.15, -0.1) is 5.10 Å². The molecular formula is C21H18FN5O3. The number of nitrogens with one attached hydrogen (secondary N) is 1. The molecule has 2 N–H and O–H groups in total. The molecule has 0 aliphatic rings. The molecule has 0 radical (unpaired) electrons. The van der Waals surface area contributed by atoms with Gasteiger partial charge >= 0.3 is 11.9 Å². The van der Waals surface area contributed by atoms with E-state index in [4.69, 9.17) is 9.52 Å². The van der Waals surface area contributed by atoms with Crippen molar-refractivity contribution in [2.45, 2.75) is 26.2 Å². The number of aromatic nitrogens is 5. The predicted molar refractivity (Wildman–Crippen MR) is 105 cm³/mol. The minimum absolute atomic E-state index is 0.145. The molecule has 2 aromatic carbocycles. The fraction of sp³-hybridized carbons (Fsp3) is 0.190. The molecule has 0 saturated carbocycles. The number of aryl methyl sites for hydroxylation is 1. The van der Waals surface area contributed by atoms with Gasteiger partial charge in [0.2, 0.25) is 0 Å². The van der Waals surface area contributed by atoms with E-state index in [1.54, 1.807) is 12.1 Å². The maximum absolute atomic E-state index is 15.0. The standard InChI is InChI=1S/C21H18FN5O3/c1-2-5-18-17(23-20(30-18)21(28)29)11-13-9-8-12(10-16(13)22)14-6-3-4-7-15(14)19-24-26-27-25-19/h3-4,6-10H,2,5,11H2,1H3,(H,28,29)(H,24,25,26,27). The highest BCUT2D eigenvalue weighted by Crippen LogP contribution is 2.31. The minimum Gasteiger partial charge on any atom is -0.474 e. The molecule has 4 aromatic rings. The van der Waals surface area contributed by atoms with Gasteiger partial charge in [0.1, 0.15) is 11.6 Å². The summed E-state index contributed by atoms with van der Waals surface area (Å²) in [6, 6.07) is 12.3. The fourth-order valence-electron chi connectivity index (χ4n) is 3.29. The highest BCUT2D eigenvalue weighted by molar-refractivity contribution is 5.82. The molecule has 8 nitrogen and oxygen atoms in total. The van der Waals surface area contributed by atoms with Crippen LogP contribution in [0.2, 0.25) is 0 Å². The summed E-state index contributed by atoms with van der Waals surface area (Å²) in [4.78, 5) is 15.2. The van der Waals surface area contributed by atoms with Crippen LogP contribution in [0.3, 0.4) is 0 Å². The molecular weight excluding hydrogens is 389 g/mol. The number of rotatable bonds is 7. The number of H-pyrrole nitrogens is 1. The van der Waals surface area contributed by atoms with E-state index in [0.29, 0.717) is 34.8 Å². The first kappa shape index (κ1) is 19.4. The van der Waals surface area contributed by atoms with Gasteiger partial charge in [-0.3, -0.25) is 0 Å². The van der Waals surface area contributed by atoms with Gasteiger partial charge in [-0.25, -0.2) is 19.3 Å². The number of hydrogen-bond acceptors (Lipinski definition) is 6. The summed E-state index contributed by atoms with van der Waals surface area (Å²) in [6.45, 7) is 1.95. The van der Waals surface area contributed by atoms with Gasteiger partial charge in [-0.1, -0.05) is 43.3 Å². The molecule has 0 unspecified atom stereocenters. The third-order valence-corrected chi connectivity index (χ3v) is 4.69. The van der Waals surface area contributed by atoms with Crippen LogP contribution in [0.15, 0.2) is 46.9 Å². The Hall–Kier alpha value is -3.88. The largest absolute Gasteiger partial charge is 0.474 e. The molecule has 4 rings (SSSR count). The Bertz CT molecular complexity index is 1190. The molecule has 2 aromatic heterocycles. The number of hydrogen-bond donors (Lipinski definition) is 2. The zero-order chi connectivity index (χ0) is 21.1. The second-order valence-corrected chi connectivity index (χ2v) is 6.72. The highest BCUT2D eigenvalue weighted by atomic mass is 19.1. The number of carboxylic acids is 1. The van der Waals surface area contributed by atoms with E-state index >= 15 is 0 Å². The lowest BCUT2D eigenvalue weighted by Crippen LogP contribution is -1.99. The lowest BCUT2D eigenvalue weighted by atomic mass is 9.97. The maximum Gasteiger partial charge on any atom is 0.392 e. The Morgan fingerprint density at radius 2 is 2.00 bits per heavy atom. The quantitative estimate of drug-likeness (QED) is 0.477. The number of carbonyl (C=O) groups is 1. The lowest BCUT2D eigenvalue weighted by molar-refractivity contribution is 0.0651. The monoisotopic (exact) mass is 407 g/mol. The van der Waals surface area contributed by atoms with Crippen LogP contribution >= 0.6 is 0 Å². The summed E-state index contributed by atoms with van der Waals surface area (Å²) in [5, 5.41) is 23.0. The summed E-state index contributed by atoms with van der Waals surface area (Å²) in [7, 11) is 0. The van der Waals surface area contributed by atoms with Crippen molar-refractivity contribution in [3.8, 4) is 22.5 Å². The van der Waals surface area contributed by atoms with Crippen molar-refractivity contribution >= 4 is 5.97 Å². The highest BCUT2D eigenvalue weighted by Gasteiger charge is 2.19. The van der Waals surface area contributed by atoms with Crippen LogP contribution in [-0.2, 0) is 12.8 Å². The second kappa shape index (κ2) is 8.24. The molecule has 0 aliphatic heterocycles. The zero-order valence-electron chi connectivity index (χ0n) is 16.1. The summed E-state index contributed by atoms with van der Waals surface area (Å²) >= 11 is 0. The summed E-state index contributed by atoms with van der Waals surface area (Å²) in [5.41, 5.74) is 3.04. The van der Waals surface area contributed by atoms with Gasteiger partial charge in [-0.2, -0.15) is 0 Å². The van der Waals surface area contributed by atoms with Crippen LogP contribution in [-0.4, -0.2) is 36.7 Å². The molecule has 0 atom stereocenters. The number of benzene rings is 2. The Labute approximate surface area is 170 Å². The van der Waals surface area contributed by atoms with Crippen LogP contribution in [0.1, 0.15) is 41.0 Å². The van der Waals surface area contributed by atoms with Crippen LogP contribution in [0.4, 0.5) is 4.39 Å². The van der Waals surface area contributed by atoms with E-state index in [1.807, 2.05) is 31.2 Å². The SMILES string of the molecule is CCCc1oc(C(=O)O)nc1Cc1ccc(-c2ccccc2-c2nnn[nH]2)cc1F. The van der Waals surface area contributed by atoms with Crippen molar-refractivity contribution in [3.63, 3.8) is 0 Å². The van der Waals surface area contributed by atoms with Gasteiger partial charge in [0.05, 0.1) is 5.69 Å². The minimum atomic E-state index is -1.24. The summed E-state index contributed by atoms with van der Waals surface area (Å²) in [5.74, 6) is -1.07. The molecule has 0 bridgehead atoms. The molecule has 2 heterocycles. The van der Waals surface area contributed by atoms with Gasteiger partial charge < -0.3 is 9.52 Å². The van der Waals surface area contributed by atoms with E-state index in [2.05, 4.69) is 25.6 Å². The van der Waals surface area contributed by atoms with Crippen molar-refractivity contribution in [1.82, 2.24) is 25.6 Å². The molecule has 0 saturated heterocycles. The number of halogens is 1. The normalized spacial score (nSPS) is 11.0. The fourth-order valence-corrected chi connectivity index (χ4v) is 3.29. The molecule has 152 valence electrons. The Morgan fingerprint density at radius 3 is 2.67 bits per heavy atom. The third-order valence-electron chi connectivity index (χ3n) is 4.69. The number of oxazole rings is 1. The molecule has 30 heavy (non-hydrogen) atoms. The average molecular weight is 407 g/mol. The van der Waals surface area contributed by atoms with E-state index in [9.17, 15) is 9.18 Å². The molecule has 0 spiro atoms. The van der Waals surface area contributed by atoms with Crippen molar-refractivity contribution in [2.24, 2.45) is 0 Å². The third kappa shape index (κ3) is 3.82. The second-order valence-electron chi connectivity index (χ2n) is 6.72.